The van der Waals surface area contributed by atoms with E-state index in [1.807, 2.05) is 97.9 Å². The van der Waals surface area contributed by atoms with Crippen LogP contribution in [0.2, 0.25) is 0 Å². The molecule has 2 aromatic heterocycles. The zero-order valence-electron chi connectivity index (χ0n) is 26.1. The Morgan fingerprint density at radius 3 is 2.00 bits per heavy atom. The van der Waals surface area contributed by atoms with Crippen LogP contribution >= 0.6 is 0 Å². The van der Waals surface area contributed by atoms with Crippen LogP contribution in [0.5, 0.6) is 0 Å². The molecule has 7 rings (SSSR count). The average molecular weight is 657 g/mol. The second-order valence-electron chi connectivity index (χ2n) is 12.2. The minimum Gasteiger partial charge on any atom is -0.347 e. The van der Waals surface area contributed by atoms with E-state index in [1.54, 1.807) is 24.7 Å². The van der Waals surface area contributed by atoms with Gasteiger partial charge in [0.15, 0.2) is 17.7 Å². The van der Waals surface area contributed by atoms with Gasteiger partial charge in [0.1, 0.15) is 35.7 Å². The quantitative estimate of drug-likeness (QED) is 0.210. The van der Waals surface area contributed by atoms with E-state index in [-0.39, 0.29) is 12.6 Å². The summed E-state index contributed by atoms with van der Waals surface area (Å²) in [6.07, 6.45) is 0.242. The minimum atomic E-state index is -4.43. The molecule has 0 spiro atoms. The maximum atomic E-state index is 14.0. The zero-order valence-corrected chi connectivity index (χ0v) is 26.9. The lowest BCUT2D eigenvalue weighted by molar-refractivity contribution is -0.198. The predicted molar refractivity (Wildman–Crippen MR) is 173 cm³/mol. The van der Waals surface area contributed by atoms with Crippen LogP contribution in [-0.2, 0) is 34.2 Å². The lowest BCUT2D eigenvalue weighted by Crippen LogP contribution is -2.49. The number of benzene rings is 3. The van der Waals surface area contributed by atoms with Crippen LogP contribution in [0, 0.1) is 0 Å². The maximum Gasteiger partial charge on any atom is 0.337 e. The average Bonchev–Trinajstić information content (AvgIpc) is 3.74. The lowest BCUT2D eigenvalue weighted by Gasteiger charge is -2.36. The van der Waals surface area contributed by atoms with Gasteiger partial charge in [0.25, 0.3) is 0 Å². The van der Waals surface area contributed by atoms with Crippen molar-refractivity contribution in [2.45, 2.75) is 62.7 Å². The molecule has 2 saturated heterocycles. The van der Waals surface area contributed by atoms with Crippen LogP contribution in [0.4, 0.5) is 0 Å². The third kappa shape index (κ3) is 5.84. The van der Waals surface area contributed by atoms with Crippen LogP contribution in [0.1, 0.15) is 55.4 Å². The summed E-state index contributed by atoms with van der Waals surface area (Å²) in [6, 6.07) is 27.9. The summed E-state index contributed by atoms with van der Waals surface area (Å²) in [7, 11) is -4.43. The third-order valence-electron chi connectivity index (χ3n) is 8.50. The van der Waals surface area contributed by atoms with Crippen molar-refractivity contribution < 1.29 is 26.8 Å². The Labute approximate surface area is 273 Å². The van der Waals surface area contributed by atoms with Gasteiger partial charge in [-0.2, -0.15) is 13.1 Å². The van der Waals surface area contributed by atoms with Gasteiger partial charge >= 0.3 is 10.3 Å². The third-order valence-corrected chi connectivity index (χ3v) is 9.51. The van der Waals surface area contributed by atoms with Gasteiger partial charge < -0.3 is 19.9 Å². The van der Waals surface area contributed by atoms with E-state index >= 15 is 0 Å². The second kappa shape index (κ2) is 12.2. The van der Waals surface area contributed by atoms with Crippen LogP contribution < -0.4 is 10.5 Å². The van der Waals surface area contributed by atoms with E-state index in [4.69, 9.17) is 24.1 Å². The Morgan fingerprint density at radius 2 is 1.45 bits per heavy atom. The second-order valence-corrected chi connectivity index (χ2v) is 13.5. The molecule has 47 heavy (non-hydrogen) atoms. The summed E-state index contributed by atoms with van der Waals surface area (Å²) in [5, 5.41) is 0. The summed E-state index contributed by atoms with van der Waals surface area (Å²) < 4.78 is 57.4. The molecule has 1 unspecified atom stereocenters. The monoisotopic (exact) mass is 656 g/mol. The Morgan fingerprint density at radius 1 is 0.894 bits per heavy atom. The first-order valence-corrected chi connectivity index (χ1v) is 16.8. The number of imidazole rings is 1. The van der Waals surface area contributed by atoms with Crippen molar-refractivity contribution in [3.05, 3.63) is 126 Å². The molecule has 2 aliphatic rings. The van der Waals surface area contributed by atoms with Crippen LogP contribution in [0.25, 0.3) is 11.2 Å². The van der Waals surface area contributed by atoms with Gasteiger partial charge in [0.05, 0.1) is 18.6 Å². The fourth-order valence-corrected chi connectivity index (χ4v) is 7.62. The first kappa shape index (κ1) is 31.5. The van der Waals surface area contributed by atoms with Crippen LogP contribution in [0.3, 0.4) is 0 Å². The van der Waals surface area contributed by atoms with Crippen molar-refractivity contribution >= 4 is 21.5 Å². The molecule has 5 atom stereocenters. The van der Waals surface area contributed by atoms with Crippen molar-refractivity contribution in [2.24, 2.45) is 5.73 Å². The lowest BCUT2D eigenvalue weighted by atomic mass is 9.78. The number of hydrogen-bond donors (Lipinski definition) is 2. The van der Waals surface area contributed by atoms with E-state index in [2.05, 4.69) is 19.7 Å². The van der Waals surface area contributed by atoms with Gasteiger partial charge in [-0.3, -0.25) is 8.75 Å². The van der Waals surface area contributed by atoms with Gasteiger partial charge in [0, 0.05) is 6.04 Å². The first-order chi connectivity index (χ1) is 22.6. The molecular formula is C34H36N6O6S. The zero-order chi connectivity index (χ0) is 32.8. The molecule has 0 radical (unpaired) electrons. The molecule has 12 nitrogen and oxygen atoms in total. The molecule has 5 aromatic rings. The largest absolute Gasteiger partial charge is 0.347 e. The first-order valence-electron chi connectivity index (χ1n) is 15.4. The topological polar surface area (TPSA) is 153 Å². The number of nitrogens with two attached hydrogens (primary N) is 1. The Balaban J connectivity index is 1.20. The van der Waals surface area contributed by atoms with E-state index < -0.39 is 46.2 Å². The summed E-state index contributed by atoms with van der Waals surface area (Å²) in [5.41, 5.74) is 8.64. The number of aromatic nitrogens is 4. The standard InChI is InChI=1S/C34H36N6O6S/c1-22(35)27-28-31(37-20-36-27)40(21-38-28)32-30-29(45-33(2,3)46-30)26(44-32)19-43-47(41,42)39-34(23-13-7-4-8-14-23,24-15-9-5-10-16-24)25-17-11-6-12-18-25/h4-18,20-22,26,29-30,32,39H,19,35H2,1-3H3/t22?,26-,29-,30-,32-/m1/s1. The summed E-state index contributed by atoms with van der Waals surface area (Å²) in [5.74, 6) is -0.946. The fourth-order valence-electron chi connectivity index (χ4n) is 6.52. The molecular weight excluding hydrogens is 620 g/mol. The number of hydrogen-bond acceptors (Lipinski definition) is 10. The van der Waals surface area contributed by atoms with E-state index in [1.165, 1.54) is 6.33 Å². The SMILES string of the molecule is CC(N)c1ncnc2c1ncn2[C@@H]1O[C@H](COS(=O)(=O)NC(c2ccccc2)(c2ccccc2)c2ccccc2)[C@H]2OC(C)(C)O[C@H]21. The van der Waals surface area contributed by atoms with Gasteiger partial charge in [-0.1, -0.05) is 91.0 Å². The molecule has 244 valence electrons. The molecule has 13 heteroatoms. The summed E-state index contributed by atoms with van der Waals surface area (Å²) in [4.78, 5) is 13.3. The van der Waals surface area contributed by atoms with Crippen LogP contribution in [-0.4, -0.2) is 58.6 Å². The van der Waals surface area contributed by atoms with Gasteiger partial charge in [-0.25, -0.2) is 15.0 Å². The number of fused-ring (bicyclic) bond motifs is 2. The summed E-state index contributed by atoms with van der Waals surface area (Å²) in [6.45, 7) is 5.08. The molecule has 0 aliphatic carbocycles. The molecule has 2 fully saturated rings. The number of ether oxygens (including phenoxy) is 3. The fraction of sp³-hybridized carbons (Fsp3) is 0.324. The maximum absolute atomic E-state index is 14.0. The van der Waals surface area contributed by atoms with E-state index in [9.17, 15) is 8.42 Å². The van der Waals surface area contributed by atoms with Crippen molar-refractivity contribution in [3.63, 3.8) is 0 Å². The highest BCUT2D eigenvalue weighted by molar-refractivity contribution is 7.84. The molecule has 2 aliphatic heterocycles. The highest BCUT2D eigenvalue weighted by Gasteiger charge is 2.56. The molecule has 0 saturated carbocycles. The van der Waals surface area contributed by atoms with Crippen molar-refractivity contribution in [3.8, 4) is 0 Å². The molecule has 3 aromatic carbocycles. The molecule has 0 bridgehead atoms. The van der Waals surface area contributed by atoms with E-state index in [0.29, 0.717) is 16.9 Å². The number of rotatable bonds is 10. The minimum absolute atomic E-state index is 0.340. The van der Waals surface area contributed by atoms with Gasteiger partial charge in [0.2, 0.25) is 0 Å². The number of nitrogens with one attached hydrogen (secondary N) is 1. The molecule has 4 heterocycles. The van der Waals surface area contributed by atoms with Crippen molar-refractivity contribution in [2.75, 3.05) is 6.61 Å². The van der Waals surface area contributed by atoms with Gasteiger partial charge in [-0.15, -0.1) is 0 Å². The molecule has 0 amide bonds. The van der Waals surface area contributed by atoms with E-state index in [0.717, 1.165) is 16.7 Å². The summed E-state index contributed by atoms with van der Waals surface area (Å²) >= 11 is 0. The van der Waals surface area contributed by atoms with Crippen molar-refractivity contribution in [1.82, 2.24) is 24.2 Å². The normalized spacial score (nSPS) is 23.1. The Hall–Kier alpha value is -4.08. The number of nitrogens with zero attached hydrogens (tertiary/aromatic N) is 4. The Kier molecular flexibility index (Phi) is 8.17. The smallest absolute Gasteiger partial charge is 0.337 e. The van der Waals surface area contributed by atoms with Crippen LogP contribution in [0.15, 0.2) is 104 Å². The highest BCUT2D eigenvalue weighted by Crippen LogP contribution is 2.44. The molecule has 3 N–H and O–H groups in total. The van der Waals surface area contributed by atoms with Gasteiger partial charge in [-0.05, 0) is 37.5 Å². The Bertz CT molecular complexity index is 1860. The van der Waals surface area contributed by atoms with Crippen molar-refractivity contribution in [1.29, 1.82) is 0 Å². The predicted octanol–water partition coefficient (Wildman–Crippen LogP) is 4.11. The highest BCUT2D eigenvalue weighted by atomic mass is 32.2.